The molecule has 0 spiro atoms. The maximum Gasteiger partial charge on any atom is 0.101 e. The molecule has 5 heteroatoms. The third-order valence-corrected chi connectivity index (χ3v) is 2.99. The Morgan fingerprint density at radius 2 is 2.21 bits per heavy atom. The molecule has 0 radical (unpaired) electrons. The number of rotatable bonds is 4. The lowest BCUT2D eigenvalue weighted by Gasteiger charge is -2.07. The van der Waals surface area contributed by atoms with Crippen molar-refractivity contribution in [2.75, 3.05) is 5.32 Å². The molecule has 19 heavy (non-hydrogen) atoms. The van der Waals surface area contributed by atoms with Crippen molar-refractivity contribution >= 4 is 17.3 Å². The Bertz CT molecular complexity index is 610. The van der Waals surface area contributed by atoms with Gasteiger partial charge in [0.15, 0.2) is 0 Å². The van der Waals surface area contributed by atoms with Crippen molar-refractivity contribution in [2.24, 2.45) is 0 Å². The van der Waals surface area contributed by atoms with Crippen LogP contribution in [-0.4, -0.2) is 9.78 Å². The molecule has 2 rings (SSSR count). The maximum absolute atomic E-state index is 9.03. The van der Waals surface area contributed by atoms with Crippen molar-refractivity contribution in [2.45, 2.75) is 26.4 Å². The monoisotopic (exact) mass is 274 g/mol. The second-order valence-corrected chi connectivity index (χ2v) is 4.97. The van der Waals surface area contributed by atoms with Gasteiger partial charge in [-0.1, -0.05) is 11.6 Å². The first-order chi connectivity index (χ1) is 9.10. The van der Waals surface area contributed by atoms with Gasteiger partial charge in [-0.25, -0.2) is 0 Å². The molecule has 0 aliphatic carbocycles. The van der Waals surface area contributed by atoms with Gasteiger partial charge in [0.25, 0.3) is 0 Å². The Morgan fingerprint density at radius 1 is 1.42 bits per heavy atom. The molecule has 0 aliphatic rings. The van der Waals surface area contributed by atoms with E-state index in [0.717, 1.165) is 11.4 Å². The normalized spacial score (nSPS) is 10.5. The molecule has 98 valence electrons. The maximum atomic E-state index is 9.03. The molecule has 4 nitrogen and oxygen atoms in total. The van der Waals surface area contributed by atoms with Gasteiger partial charge in [-0.3, -0.25) is 4.68 Å². The van der Waals surface area contributed by atoms with Gasteiger partial charge in [-0.05, 0) is 38.1 Å². The average molecular weight is 275 g/mol. The van der Waals surface area contributed by atoms with E-state index < -0.39 is 0 Å². The summed E-state index contributed by atoms with van der Waals surface area (Å²) in [6.07, 6.45) is 1.95. The highest BCUT2D eigenvalue weighted by molar-refractivity contribution is 6.30. The molecule has 0 saturated heterocycles. The molecule has 0 aliphatic heterocycles. The van der Waals surface area contributed by atoms with Gasteiger partial charge in [-0.2, -0.15) is 10.4 Å². The summed E-state index contributed by atoms with van der Waals surface area (Å²) in [5, 5.41) is 17.3. The first kappa shape index (κ1) is 13.4. The SMILES string of the molecule is CC(C)n1ccc(CNc2cc(Cl)ccc2C#N)n1. The van der Waals surface area contributed by atoms with Gasteiger partial charge in [0.05, 0.1) is 23.5 Å². The summed E-state index contributed by atoms with van der Waals surface area (Å²) in [5.74, 6) is 0. The molecule has 2 aromatic rings. The van der Waals surface area contributed by atoms with E-state index in [-0.39, 0.29) is 0 Å². The van der Waals surface area contributed by atoms with Crippen molar-refractivity contribution in [3.63, 3.8) is 0 Å². The van der Waals surface area contributed by atoms with E-state index in [1.54, 1.807) is 18.2 Å². The molecular weight excluding hydrogens is 260 g/mol. The van der Waals surface area contributed by atoms with E-state index in [1.807, 2.05) is 16.9 Å². The van der Waals surface area contributed by atoms with Gasteiger partial charge in [0.2, 0.25) is 0 Å². The molecule has 0 unspecified atom stereocenters. The Labute approximate surface area is 117 Å². The van der Waals surface area contributed by atoms with Crippen LogP contribution in [0.4, 0.5) is 5.69 Å². The van der Waals surface area contributed by atoms with Gasteiger partial charge in [0.1, 0.15) is 6.07 Å². The predicted molar refractivity (Wildman–Crippen MR) is 76.1 cm³/mol. The summed E-state index contributed by atoms with van der Waals surface area (Å²) in [6.45, 7) is 4.72. The van der Waals surface area contributed by atoms with E-state index in [9.17, 15) is 0 Å². The van der Waals surface area contributed by atoms with Gasteiger partial charge >= 0.3 is 0 Å². The predicted octanol–water partition coefficient (Wildman–Crippen LogP) is 3.60. The fraction of sp³-hybridized carbons (Fsp3) is 0.286. The van der Waals surface area contributed by atoms with Crippen LogP contribution in [-0.2, 0) is 6.54 Å². The second-order valence-electron chi connectivity index (χ2n) is 4.54. The fourth-order valence-electron chi connectivity index (χ4n) is 1.71. The second kappa shape index (κ2) is 5.77. The quantitative estimate of drug-likeness (QED) is 0.927. The van der Waals surface area contributed by atoms with E-state index in [4.69, 9.17) is 16.9 Å². The molecule has 1 heterocycles. The lowest BCUT2D eigenvalue weighted by molar-refractivity contribution is 0.527. The van der Waals surface area contributed by atoms with E-state index in [2.05, 4.69) is 30.3 Å². The number of nitrogens with zero attached hydrogens (tertiary/aromatic N) is 3. The van der Waals surface area contributed by atoms with Crippen LogP contribution in [0.3, 0.4) is 0 Å². The van der Waals surface area contributed by atoms with Crippen LogP contribution >= 0.6 is 11.6 Å². The number of hydrogen-bond acceptors (Lipinski definition) is 3. The summed E-state index contributed by atoms with van der Waals surface area (Å²) in [7, 11) is 0. The fourth-order valence-corrected chi connectivity index (χ4v) is 1.88. The van der Waals surface area contributed by atoms with Crippen molar-refractivity contribution in [1.82, 2.24) is 9.78 Å². The molecule has 0 bridgehead atoms. The summed E-state index contributed by atoms with van der Waals surface area (Å²) in [4.78, 5) is 0. The minimum Gasteiger partial charge on any atom is -0.378 e. The van der Waals surface area contributed by atoms with Crippen LogP contribution in [0.5, 0.6) is 0 Å². The topological polar surface area (TPSA) is 53.6 Å². The van der Waals surface area contributed by atoms with Crippen LogP contribution < -0.4 is 5.32 Å². The molecule has 1 aromatic heterocycles. The van der Waals surface area contributed by atoms with Crippen molar-refractivity contribution in [3.05, 3.63) is 46.7 Å². The Morgan fingerprint density at radius 3 is 2.84 bits per heavy atom. The molecule has 0 atom stereocenters. The molecule has 1 aromatic carbocycles. The molecule has 0 saturated carbocycles. The Hall–Kier alpha value is -1.99. The third kappa shape index (κ3) is 3.27. The lowest BCUT2D eigenvalue weighted by Crippen LogP contribution is -2.05. The Balaban J connectivity index is 2.10. The zero-order valence-corrected chi connectivity index (χ0v) is 11.6. The average Bonchev–Trinajstić information content (AvgIpc) is 2.85. The smallest absolute Gasteiger partial charge is 0.101 e. The summed E-state index contributed by atoms with van der Waals surface area (Å²) < 4.78 is 1.90. The number of benzene rings is 1. The molecular formula is C14H15ClN4. The summed E-state index contributed by atoms with van der Waals surface area (Å²) in [5.41, 5.74) is 2.24. The van der Waals surface area contributed by atoms with E-state index in [0.29, 0.717) is 23.2 Å². The highest BCUT2D eigenvalue weighted by atomic mass is 35.5. The summed E-state index contributed by atoms with van der Waals surface area (Å²) in [6, 6.07) is 9.60. The number of nitriles is 1. The zero-order chi connectivity index (χ0) is 13.8. The van der Waals surface area contributed by atoms with Crippen molar-refractivity contribution in [3.8, 4) is 6.07 Å². The minimum atomic E-state index is 0.342. The van der Waals surface area contributed by atoms with E-state index >= 15 is 0 Å². The van der Waals surface area contributed by atoms with Gasteiger partial charge in [-0.15, -0.1) is 0 Å². The standard InChI is InChI=1S/C14H15ClN4/c1-10(2)19-6-5-13(18-19)9-17-14-7-12(15)4-3-11(14)8-16/h3-7,10,17H,9H2,1-2H3. The first-order valence-corrected chi connectivity index (χ1v) is 6.45. The number of nitrogens with one attached hydrogen (secondary N) is 1. The van der Waals surface area contributed by atoms with Crippen LogP contribution in [0.25, 0.3) is 0 Å². The number of hydrogen-bond donors (Lipinski definition) is 1. The third-order valence-electron chi connectivity index (χ3n) is 2.75. The van der Waals surface area contributed by atoms with E-state index in [1.165, 1.54) is 0 Å². The number of anilines is 1. The van der Waals surface area contributed by atoms with Crippen LogP contribution in [0, 0.1) is 11.3 Å². The zero-order valence-electron chi connectivity index (χ0n) is 10.9. The van der Waals surface area contributed by atoms with Gasteiger partial charge in [0, 0.05) is 17.3 Å². The summed E-state index contributed by atoms with van der Waals surface area (Å²) >= 11 is 5.93. The number of halogens is 1. The Kier molecular flexibility index (Phi) is 4.08. The highest BCUT2D eigenvalue weighted by Crippen LogP contribution is 2.20. The van der Waals surface area contributed by atoms with Gasteiger partial charge < -0.3 is 5.32 Å². The van der Waals surface area contributed by atoms with Crippen molar-refractivity contribution in [1.29, 1.82) is 5.26 Å². The largest absolute Gasteiger partial charge is 0.378 e. The number of aromatic nitrogens is 2. The van der Waals surface area contributed by atoms with Crippen LogP contribution in [0.1, 0.15) is 31.1 Å². The van der Waals surface area contributed by atoms with Crippen LogP contribution in [0.2, 0.25) is 5.02 Å². The minimum absolute atomic E-state index is 0.342. The van der Waals surface area contributed by atoms with Crippen LogP contribution in [0.15, 0.2) is 30.5 Å². The molecule has 0 fully saturated rings. The molecule has 0 amide bonds. The first-order valence-electron chi connectivity index (χ1n) is 6.07. The van der Waals surface area contributed by atoms with Crippen molar-refractivity contribution < 1.29 is 0 Å². The molecule has 1 N–H and O–H groups in total. The highest BCUT2D eigenvalue weighted by Gasteiger charge is 2.05. The lowest BCUT2D eigenvalue weighted by atomic mass is 10.2.